The average Bonchev–Trinajstić information content (AvgIpc) is 2.99. The monoisotopic (exact) mass is 271 g/mol. The first-order valence-corrected chi connectivity index (χ1v) is 6.74. The lowest BCUT2D eigenvalue weighted by atomic mass is 10.0. The SMILES string of the molecule is CN(c1ccc(C(=O)O)c2ccccc12)C1CCOC1. The van der Waals surface area contributed by atoms with Crippen LogP contribution in [0, 0.1) is 0 Å². The van der Waals surface area contributed by atoms with E-state index in [1.807, 2.05) is 37.4 Å². The van der Waals surface area contributed by atoms with E-state index in [-0.39, 0.29) is 0 Å². The van der Waals surface area contributed by atoms with E-state index in [9.17, 15) is 9.90 Å². The summed E-state index contributed by atoms with van der Waals surface area (Å²) in [5, 5.41) is 11.0. The number of fused-ring (bicyclic) bond motifs is 1. The van der Waals surface area contributed by atoms with Crippen molar-refractivity contribution in [3.8, 4) is 0 Å². The van der Waals surface area contributed by atoms with Gasteiger partial charge in [0.15, 0.2) is 0 Å². The van der Waals surface area contributed by atoms with Crippen LogP contribution in [0.15, 0.2) is 36.4 Å². The number of benzene rings is 2. The van der Waals surface area contributed by atoms with Gasteiger partial charge >= 0.3 is 5.97 Å². The Morgan fingerprint density at radius 3 is 2.65 bits per heavy atom. The normalized spacial score (nSPS) is 18.4. The lowest BCUT2D eigenvalue weighted by molar-refractivity contribution is 0.0699. The van der Waals surface area contributed by atoms with Crippen molar-refractivity contribution in [1.82, 2.24) is 0 Å². The molecular formula is C16H17NO3. The summed E-state index contributed by atoms with van der Waals surface area (Å²) in [5.74, 6) is -0.889. The molecular weight excluding hydrogens is 254 g/mol. The summed E-state index contributed by atoms with van der Waals surface area (Å²) in [6, 6.07) is 11.6. The number of carboxylic acids is 1. The smallest absolute Gasteiger partial charge is 0.336 e. The van der Waals surface area contributed by atoms with E-state index in [2.05, 4.69) is 4.90 Å². The molecule has 1 N–H and O–H groups in total. The van der Waals surface area contributed by atoms with Gasteiger partial charge in [-0.3, -0.25) is 0 Å². The first kappa shape index (κ1) is 12.9. The Bertz CT molecular complexity index is 647. The summed E-state index contributed by atoms with van der Waals surface area (Å²) in [4.78, 5) is 13.5. The molecule has 104 valence electrons. The quantitative estimate of drug-likeness (QED) is 0.932. The molecule has 0 spiro atoms. The molecule has 0 aliphatic carbocycles. The first-order valence-electron chi connectivity index (χ1n) is 6.74. The lowest BCUT2D eigenvalue weighted by Crippen LogP contribution is -2.31. The molecule has 0 amide bonds. The minimum absolute atomic E-state index is 0.348. The van der Waals surface area contributed by atoms with E-state index >= 15 is 0 Å². The minimum atomic E-state index is -0.889. The van der Waals surface area contributed by atoms with E-state index in [4.69, 9.17) is 4.74 Å². The van der Waals surface area contributed by atoms with Gasteiger partial charge in [-0.2, -0.15) is 0 Å². The Kier molecular flexibility index (Phi) is 3.32. The van der Waals surface area contributed by atoms with Crippen LogP contribution in [-0.2, 0) is 4.74 Å². The van der Waals surface area contributed by atoms with Gasteiger partial charge in [-0.1, -0.05) is 24.3 Å². The van der Waals surface area contributed by atoms with Gasteiger partial charge in [-0.15, -0.1) is 0 Å². The van der Waals surface area contributed by atoms with Crippen LogP contribution in [0.2, 0.25) is 0 Å². The van der Waals surface area contributed by atoms with Crippen molar-refractivity contribution in [3.05, 3.63) is 42.0 Å². The predicted octanol–water partition coefficient (Wildman–Crippen LogP) is 2.76. The third-order valence-electron chi connectivity index (χ3n) is 3.96. The Labute approximate surface area is 117 Å². The summed E-state index contributed by atoms with van der Waals surface area (Å²) < 4.78 is 5.44. The van der Waals surface area contributed by atoms with Crippen molar-refractivity contribution < 1.29 is 14.6 Å². The van der Waals surface area contributed by atoms with Crippen LogP contribution in [0.3, 0.4) is 0 Å². The molecule has 0 bridgehead atoms. The molecule has 20 heavy (non-hydrogen) atoms. The second kappa shape index (κ2) is 5.13. The summed E-state index contributed by atoms with van der Waals surface area (Å²) in [7, 11) is 2.04. The highest BCUT2D eigenvalue weighted by atomic mass is 16.5. The number of carbonyl (C=O) groups is 1. The molecule has 3 rings (SSSR count). The second-order valence-electron chi connectivity index (χ2n) is 5.11. The van der Waals surface area contributed by atoms with E-state index in [1.165, 1.54) is 0 Å². The van der Waals surface area contributed by atoms with Gasteiger partial charge in [-0.05, 0) is 23.9 Å². The number of rotatable bonds is 3. The van der Waals surface area contributed by atoms with Gasteiger partial charge in [0.2, 0.25) is 0 Å². The van der Waals surface area contributed by atoms with Crippen molar-refractivity contribution >= 4 is 22.4 Å². The summed E-state index contributed by atoms with van der Waals surface area (Å²) in [6.45, 7) is 1.52. The number of aromatic carboxylic acids is 1. The maximum Gasteiger partial charge on any atom is 0.336 e. The Balaban J connectivity index is 2.12. The van der Waals surface area contributed by atoms with Gasteiger partial charge in [0.05, 0.1) is 18.2 Å². The van der Waals surface area contributed by atoms with Crippen LogP contribution in [0.25, 0.3) is 10.8 Å². The molecule has 0 aromatic heterocycles. The van der Waals surface area contributed by atoms with Gasteiger partial charge < -0.3 is 14.7 Å². The molecule has 1 unspecified atom stereocenters. The van der Waals surface area contributed by atoms with Crippen LogP contribution in [-0.4, -0.2) is 37.4 Å². The Morgan fingerprint density at radius 2 is 2.00 bits per heavy atom. The zero-order chi connectivity index (χ0) is 14.1. The predicted molar refractivity (Wildman–Crippen MR) is 78.5 cm³/mol. The highest BCUT2D eigenvalue weighted by molar-refractivity contribution is 6.07. The van der Waals surface area contributed by atoms with Gasteiger partial charge in [-0.25, -0.2) is 4.79 Å². The summed E-state index contributed by atoms with van der Waals surface area (Å²) in [6.07, 6.45) is 1.01. The molecule has 1 heterocycles. The van der Waals surface area contributed by atoms with Crippen LogP contribution in [0.4, 0.5) is 5.69 Å². The Hall–Kier alpha value is -2.07. The van der Waals surface area contributed by atoms with Crippen LogP contribution in [0.5, 0.6) is 0 Å². The Morgan fingerprint density at radius 1 is 1.25 bits per heavy atom. The van der Waals surface area contributed by atoms with Crippen LogP contribution < -0.4 is 4.90 Å². The maximum absolute atomic E-state index is 11.3. The highest BCUT2D eigenvalue weighted by Gasteiger charge is 2.22. The molecule has 1 aliphatic rings. The maximum atomic E-state index is 11.3. The van der Waals surface area contributed by atoms with Crippen molar-refractivity contribution in [2.24, 2.45) is 0 Å². The molecule has 1 fully saturated rings. The lowest BCUT2D eigenvalue weighted by Gasteiger charge is -2.27. The third-order valence-corrected chi connectivity index (χ3v) is 3.96. The highest BCUT2D eigenvalue weighted by Crippen LogP contribution is 2.31. The zero-order valence-corrected chi connectivity index (χ0v) is 11.4. The van der Waals surface area contributed by atoms with Crippen molar-refractivity contribution in [2.75, 3.05) is 25.2 Å². The molecule has 0 radical (unpaired) electrons. The van der Waals surface area contributed by atoms with Crippen LogP contribution in [0.1, 0.15) is 16.8 Å². The number of ether oxygens (including phenoxy) is 1. The number of carboxylic acid groups (broad SMARTS) is 1. The second-order valence-corrected chi connectivity index (χ2v) is 5.11. The van der Waals surface area contributed by atoms with E-state index in [1.54, 1.807) is 6.07 Å². The molecule has 1 saturated heterocycles. The van der Waals surface area contributed by atoms with E-state index < -0.39 is 5.97 Å². The average molecular weight is 271 g/mol. The van der Waals surface area contributed by atoms with Crippen molar-refractivity contribution in [3.63, 3.8) is 0 Å². The summed E-state index contributed by atoms with van der Waals surface area (Å²) >= 11 is 0. The fraction of sp³-hybridized carbons (Fsp3) is 0.312. The molecule has 2 aromatic rings. The van der Waals surface area contributed by atoms with Gasteiger partial charge in [0.25, 0.3) is 0 Å². The molecule has 1 aliphatic heterocycles. The van der Waals surface area contributed by atoms with Crippen molar-refractivity contribution in [1.29, 1.82) is 0 Å². The standard InChI is InChI=1S/C16H17NO3/c1-17(11-8-9-20-10-11)15-7-6-14(16(18)19)12-4-2-3-5-13(12)15/h2-7,11H,8-10H2,1H3,(H,18,19). The van der Waals surface area contributed by atoms with E-state index in [0.29, 0.717) is 11.6 Å². The van der Waals surface area contributed by atoms with Crippen molar-refractivity contribution in [2.45, 2.75) is 12.5 Å². The van der Waals surface area contributed by atoms with Crippen LogP contribution >= 0.6 is 0 Å². The number of hydrogen-bond donors (Lipinski definition) is 1. The first-order chi connectivity index (χ1) is 9.68. The van der Waals surface area contributed by atoms with E-state index in [0.717, 1.165) is 36.1 Å². The van der Waals surface area contributed by atoms with Gasteiger partial charge in [0.1, 0.15) is 0 Å². The number of hydrogen-bond acceptors (Lipinski definition) is 3. The summed E-state index contributed by atoms with van der Waals surface area (Å²) in [5.41, 5.74) is 1.40. The fourth-order valence-electron chi connectivity index (χ4n) is 2.80. The zero-order valence-electron chi connectivity index (χ0n) is 11.4. The third kappa shape index (κ3) is 2.12. The number of anilines is 1. The molecule has 1 atom stereocenters. The van der Waals surface area contributed by atoms with Gasteiger partial charge in [0, 0.05) is 24.7 Å². The molecule has 4 heteroatoms. The topological polar surface area (TPSA) is 49.8 Å². The molecule has 0 saturated carbocycles. The number of likely N-dealkylation sites (N-methyl/N-ethyl adjacent to an activating group) is 1. The largest absolute Gasteiger partial charge is 0.478 e. The minimum Gasteiger partial charge on any atom is -0.478 e. The number of nitrogens with zero attached hydrogens (tertiary/aromatic N) is 1. The molecule has 4 nitrogen and oxygen atoms in total. The fourth-order valence-corrected chi connectivity index (χ4v) is 2.80. The molecule has 2 aromatic carbocycles.